The Labute approximate surface area is 107 Å². The molecule has 1 nitrogen and oxygen atoms in total. The third kappa shape index (κ3) is 2.28. The summed E-state index contributed by atoms with van der Waals surface area (Å²) in [6.45, 7) is 4.13. The molecule has 0 bridgehead atoms. The van der Waals surface area contributed by atoms with Crippen LogP contribution in [-0.2, 0) is 0 Å². The molecule has 2 rings (SSSR count). The maximum absolute atomic E-state index is 13.4. The van der Waals surface area contributed by atoms with E-state index < -0.39 is 34.8 Å². The zero-order valence-electron chi connectivity index (χ0n) is 10.6. The van der Waals surface area contributed by atoms with E-state index in [0.717, 1.165) is 12.8 Å². The average molecular weight is 279 g/mol. The fourth-order valence-corrected chi connectivity index (χ4v) is 2.14. The number of anilines is 1. The quantitative estimate of drug-likeness (QED) is 0.494. The van der Waals surface area contributed by atoms with Crippen molar-refractivity contribution in [3.63, 3.8) is 0 Å². The van der Waals surface area contributed by atoms with Crippen LogP contribution in [0.15, 0.2) is 0 Å². The topological polar surface area (TPSA) is 12.0 Å². The zero-order chi connectivity index (χ0) is 14.4. The molecule has 0 unspecified atom stereocenters. The van der Waals surface area contributed by atoms with Crippen molar-refractivity contribution in [1.82, 2.24) is 0 Å². The molecule has 19 heavy (non-hydrogen) atoms. The summed E-state index contributed by atoms with van der Waals surface area (Å²) in [5.74, 6) is -9.31. The molecular weight excluding hydrogens is 265 g/mol. The van der Waals surface area contributed by atoms with Crippen molar-refractivity contribution in [2.75, 3.05) is 11.9 Å². The van der Waals surface area contributed by atoms with E-state index >= 15 is 0 Å². The molecule has 1 aromatic carbocycles. The van der Waals surface area contributed by atoms with Gasteiger partial charge < -0.3 is 5.32 Å². The molecule has 106 valence electrons. The molecule has 1 N–H and O–H groups in total. The van der Waals surface area contributed by atoms with Gasteiger partial charge in [-0.3, -0.25) is 0 Å². The summed E-state index contributed by atoms with van der Waals surface area (Å²) in [5, 5.41) is 2.38. The Bertz CT molecular complexity index is 479. The Balaban J connectivity index is 2.26. The Kier molecular flexibility index (Phi) is 3.45. The second-order valence-electron chi connectivity index (χ2n) is 5.32. The van der Waals surface area contributed by atoms with Crippen LogP contribution >= 0.6 is 0 Å². The molecular formula is C13H14F5N. The molecule has 1 fully saturated rings. The molecule has 0 saturated heterocycles. The Morgan fingerprint density at radius 1 is 0.895 bits per heavy atom. The third-order valence-electron chi connectivity index (χ3n) is 3.94. The first-order valence-electron chi connectivity index (χ1n) is 6.05. The number of halogens is 5. The Morgan fingerprint density at radius 2 is 1.32 bits per heavy atom. The largest absolute Gasteiger partial charge is 0.380 e. The summed E-state index contributed by atoms with van der Waals surface area (Å²) >= 11 is 0. The molecule has 0 aromatic heterocycles. The van der Waals surface area contributed by atoms with Crippen LogP contribution in [0.4, 0.5) is 27.6 Å². The average Bonchev–Trinajstić information content (AvgIpc) is 3.15. The molecule has 0 spiro atoms. The van der Waals surface area contributed by atoms with Crippen LogP contribution in [0.25, 0.3) is 0 Å². The van der Waals surface area contributed by atoms with E-state index in [4.69, 9.17) is 0 Å². The van der Waals surface area contributed by atoms with Crippen LogP contribution in [0.2, 0.25) is 0 Å². The van der Waals surface area contributed by atoms with Gasteiger partial charge in [-0.25, -0.2) is 22.0 Å². The highest BCUT2D eigenvalue weighted by atomic mass is 19.2. The van der Waals surface area contributed by atoms with Crippen LogP contribution < -0.4 is 5.32 Å². The van der Waals surface area contributed by atoms with E-state index in [2.05, 4.69) is 5.32 Å². The highest BCUT2D eigenvalue weighted by Crippen LogP contribution is 2.51. The van der Waals surface area contributed by atoms with Crippen molar-refractivity contribution >= 4 is 5.69 Å². The van der Waals surface area contributed by atoms with Crippen molar-refractivity contribution in [3.8, 4) is 0 Å². The van der Waals surface area contributed by atoms with Crippen molar-refractivity contribution < 1.29 is 22.0 Å². The van der Waals surface area contributed by atoms with Crippen LogP contribution in [0, 0.1) is 40.4 Å². The lowest BCUT2D eigenvalue weighted by Gasteiger charge is -2.21. The lowest BCUT2D eigenvalue weighted by atomic mass is 9.92. The molecule has 1 aliphatic carbocycles. The summed E-state index contributed by atoms with van der Waals surface area (Å²) in [4.78, 5) is 0. The predicted octanol–water partition coefficient (Wildman–Crippen LogP) is 4.23. The van der Waals surface area contributed by atoms with E-state index in [1.54, 1.807) is 0 Å². The SMILES string of the molecule is CC(C)C1(CNc2c(F)c(F)c(F)c(F)c2F)CC1. The van der Waals surface area contributed by atoms with Crippen molar-refractivity contribution in [2.24, 2.45) is 11.3 Å². The predicted molar refractivity (Wildman–Crippen MR) is 61.2 cm³/mol. The van der Waals surface area contributed by atoms with E-state index in [1.807, 2.05) is 13.8 Å². The second-order valence-corrected chi connectivity index (χ2v) is 5.32. The smallest absolute Gasteiger partial charge is 0.200 e. The van der Waals surface area contributed by atoms with Gasteiger partial charge in [0.25, 0.3) is 0 Å². The normalized spacial score (nSPS) is 16.8. The van der Waals surface area contributed by atoms with Gasteiger partial charge in [-0.2, -0.15) is 0 Å². The van der Waals surface area contributed by atoms with E-state index in [1.165, 1.54) is 0 Å². The van der Waals surface area contributed by atoms with Crippen LogP contribution in [0.1, 0.15) is 26.7 Å². The van der Waals surface area contributed by atoms with Crippen molar-refractivity contribution in [3.05, 3.63) is 29.1 Å². The minimum Gasteiger partial charge on any atom is -0.380 e. The van der Waals surface area contributed by atoms with Gasteiger partial charge in [0.2, 0.25) is 5.82 Å². The number of hydrogen-bond donors (Lipinski definition) is 1. The number of hydrogen-bond acceptors (Lipinski definition) is 1. The number of rotatable bonds is 4. The zero-order valence-corrected chi connectivity index (χ0v) is 10.6. The maximum atomic E-state index is 13.4. The highest BCUT2D eigenvalue weighted by Gasteiger charge is 2.45. The third-order valence-corrected chi connectivity index (χ3v) is 3.94. The molecule has 0 radical (unpaired) electrons. The fourth-order valence-electron chi connectivity index (χ4n) is 2.14. The van der Waals surface area contributed by atoms with Crippen LogP contribution in [0.3, 0.4) is 0 Å². The molecule has 6 heteroatoms. The van der Waals surface area contributed by atoms with Gasteiger partial charge in [0.05, 0.1) is 0 Å². The molecule has 0 atom stereocenters. The van der Waals surface area contributed by atoms with Gasteiger partial charge in [-0.15, -0.1) is 0 Å². The summed E-state index contributed by atoms with van der Waals surface area (Å²) in [6.07, 6.45) is 1.76. The molecule has 1 aliphatic rings. The summed E-state index contributed by atoms with van der Waals surface area (Å²) in [6, 6.07) is 0. The van der Waals surface area contributed by atoms with Crippen LogP contribution in [-0.4, -0.2) is 6.54 Å². The summed E-state index contributed by atoms with van der Waals surface area (Å²) in [5.41, 5.74) is -1.05. The first kappa shape index (κ1) is 14.1. The maximum Gasteiger partial charge on any atom is 0.200 e. The Hall–Kier alpha value is -1.33. The van der Waals surface area contributed by atoms with E-state index in [9.17, 15) is 22.0 Å². The lowest BCUT2D eigenvalue weighted by molar-refractivity contribution is 0.368. The van der Waals surface area contributed by atoms with Gasteiger partial charge in [0, 0.05) is 6.54 Å². The minimum absolute atomic E-state index is 0.111. The first-order chi connectivity index (χ1) is 8.80. The van der Waals surface area contributed by atoms with Gasteiger partial charge in [-0.1, -0.05) is 13.8 Å². The molecule has 1 saturated carbocycles. The monoisotopic (exact) mass is 279 g/mol. The number of benzene rings is 1. The van der Waals surface area contributed by atoms with Crippen LogP contribution in [0.5, 0.6) is 0 Å². The Morgan fingerprint density at radius 3 is 1.68 bits per heavy atom. The standard InChI is InChI=1S/C13H14F5N/c1-6(2)13(3-4-13)5-19-12-10(17)8(15)7(14)9(16)11(12)18/h6,19H,3-5H2,1-2H3. The summed E-state index contributed by atoms with van der Waals surface area (Å²) < 4.78 is 65.7. The van der Waals surface area contributed by atoms with Gasteiger partial charge in [0.1, 0.15) is 5.69 Å². The van der Waals surface area contributed by atoms with Crippen molar-refractivity contribution in [2.45, 2.75) is 26.7 Å². The molecule has 0 heterocycles. The van der Waals surface area contributed by atoms with E-state index in [-0.39, 0.29) is 17.9 Å². The molecule has 0 amide bonds. The van der Waals surface area contributed by atoms with Gasteiger partial charge >= 0.3 is 0 Å². The summed E-state index contributed by atoms with van der Waals surface area (Å²) in [7, 11) is 0. The van der Waals surface area contributed by atoms with Gasteiger partial charge in [0.15, 0.2) is 23.3 Å². The fraction of sp³-hybridized carbons (Fsp3) is 0.538. The molecule has 1 aromatic rings. The highest BCUT2D eigenvalue weighted by molar-refractivity contribution is 5.48. The van der Waals surface area contributed by atoms with E-state index in [0.29, 0.717) is 0 Å². The lowest BCUT2D eigenvalue weighted by Crippen LogP contribution is -2.22. The second kappa shape index (κ2) is 4.65. The minimum atomic E-state index is -2.13. The first-order valence-corrected chi connectivity index (χ1v) is 6.05. The molecule has 0 aliphatic heterocycles. The number of nitrogens with one attached hydrogen (secondary N) is 1. The van der Waals surface area contributed by atoms with Crippen molar-refractivity contribution in [1.29, 1.82) is 0 Å². The van der Waals surface area contributed by atoms with Gasteiger partial charge in [-0.05, 0) is 24.2 Å².